The molecule has 38 heavy (non-hydrogen) atoms. The number of hydrogen-bond donors (Lipinski definition) is 0. The second kappa shape index (κ2) is 8.17. The highest BCUT2D eigenvalue weighted by Gasteiger charge is 2.48. The van der Waals surface area contributed by atoms with Gasteiger partial charge in [0.05, 0.1) is 59.9 Å². The molecule has 14 heteroatoms. The number of halogens is 3. The lowest BCUT2D eigenvalue weighted by molar-refractivity contribution is -0.0438. The van der Waals surface area contributed by atoms with Crippen LogP contribution in [0.2, 0.25) is 0 Å². The first-order valence-corrected chi connectivity index (χ1v) is 12.0. The van der Waals surface area contributed by atoms with Crippen LogP contribution in [-0.2, 0) is 22.7 Å². The maximum absolute atomic E-state index is 13.2. The second-order valence-electron chi connectivity index (χ2n) is 8.21. The van der Waals surface area contributed by atoms with Crippen LogP contribution in [0.4, 0.5) is 13.2 Å². The van der Waals surface area contributed by atoms with E-state index >= 15 is 0 Å². The third-order valence-corrected chi connectivity index (χ3v) is 7.50. The van der Waals surface area contributed by atoms with E-state index in [4.69, 9.17) is 13.1 Å². The predicted molar refractivity (Wildman–Crippen MR) is 123 cm³/mol. The Bertz CT molecular complexity index is 2010. The molecule has 1 aromatic carbocycles. The largest absolute Gasteiger partial charge is 0.503 e. The standard InChI is InChI=1S/C24H9F3N8O2S/c1-10-8-32-22-13(34-10)4-11-18(15(6-28)30-2)12-5-14-23(20(12)21(19(11)22)16(7-29)31-3)33-9-17(35-14)38(36,37)24(25,26)27/h8-9H,4-5H2,1H3/b18-15+,21-16+. The van der Waals surface area contributed by atoms with E-state index in [-0.39, 0.29) is 62.8 Å². The first-order chi connectivity index (χ1) is 18.0. The minimum Gasteiger partial charge on any atom is -0.254 e. The van der Waals surface area contributed by atoms with Gasteiger partial charge in [0.25, 0.3) is 21.2 Å². The lowest BCUT2D eigenvalue weighted by Gasteiger charge is -2.12. The monoisotopic (exact) mass is 530 g/mol. The Morgan fingerprint density at radius 3 is 1.92 bits per heavy atom. The Morgan fingerprint density at radius 1 is 0.921 bits per heavy atom. The number of nitrogens with zero attached hydrogens (tertiary/aromatic N) is 8. The number of sulfone groups is 1. The van der Waals surface area contributed by atoms with Crippen molar-refractivity contribution in [3.8, 4) is 34.7 Å². The van der Waals surface area contributed by atoms with Gasteiger partial charge in [-0.15, -0.1) is 0 Å². The predicted octanol–water partition coefficient (Wildman–Crippen LogP) is 2.11. The van der Waals surface area contributed by atoms with Crippen molar-refractivity contribution in [3.05, 3.63) is 73.9 Å². The van der Waals surface area contributed by atoms with Gasteiger partial charge < -0.3 is 0 Å². The Labute approximate surface area is 212 Å². The molecule has 3 aromatic rings. The van der Waals surface area contributed by atoms with Gasteiger partial charge in [0.2, 0.25) is 0 Å². The van der Waals surface area contributed by atoms with Gasteiger partial charge in [0.15, 0.2) is 5.03 Å². The van der Waals surface area contributed by atoms with E-state index in [2.05, 4.69) is 29.6 Å². The molecule has 0 aliphatic heterocycles. The molecule has 0 saturated heterocycles. The van der Waals surface area contributed by atoms with Crippen LogP contribution in [0.1, 0.15) is 28.2 Å². The average Bonchev–Trinajstić information content (AvgIpc) is 3.43. The highest BCUT2D eigenvalue weighted by Crippen LogP contribution is 2.39. The molecule has 0 spiro atoms. The highest BCUT2D eigenvalue weighted by molar-refractivity contribution is 7.92. The Hall–Kier alpha value is -5.18. The van der Waals surface area contributed by atoms with Crippen LogP contribution in [0.5, 0.6) is 0 Å². The van der Waals surface area contributed by atoms with Crippen molar-refractivity contribution in [3.63, 3.8) is 0 Å². The van der Waals surface area contributed by atoms with Crippen LogP contribution in [0.15, 0.2) is 17.4 Å². The Balaban J connectivity index is 2.01. The maximum atomic E-state index is 13.2. The molecule has 10 nitrogen and oxygen atoms in total. The minimum absolute atomic E-state index is 0.0626. The molecule has 184 valence electrons. The summed E-state index contributed by atoms with van der Waals surface area (Å²) in [5.41, 5.74) is -4.15. The van der Waals surface area contributed by atoms with Gasteiger partial charge in [-0.3, -0.25) is 15.0 Å². The third kappa shape index (κ3) is 3.25. The van der Waals surface area contributed by atoms with Gasteiger partial charge >= 0.3 is 5.51 Å². The summed E-state index contributed by atoms with van der Waals surface area (Å²) in [6.07, 6.45) is 1.75. The summed E-state index contributed by atoms with van der Waals surface area (Å²) in [6, 6.07) is 3.65. The van der Waals surface area contributed by atoms with Gasteiger partial charge in [-0.2, -0.15) is 13.2 Å². The van der Waals surface area contributed by atoms with Crippen molar-refractivity contribution in [1.29, 1.82) is 10.5 Å². The first-order valence-electron chi connectivity index (χ1n) is 10.5. The SMILES string of the molecule is [C-]#[N+]/C(C#N)=c1\c2c(/c(=C(/C#N)[N+]#[C-])c3c1Cc1nc(S(=O)(=O)C(F)(F)F)cnc1-3)-c1ncc(C)nc1C2. The molecule has 0 radical (unpaired) electrons. The van der Waals surface area contributed by atoms with Crippen molar-refractivity contribution in [2.75, 3.05) is 0 Å². The van der Waals surface area contributed by atoms with Gasteiger partial charge in [-0.05, 0) is 18.1 Å². The molecule has 0 N–H and O–H groups in total. The van der Waals surface area contributed by atoms with Crippen LogP contribution in [-0.4, -0.2) is 33.9 Å². The summed E-state index contributed by atoms with van der Waals surface area (Å²) in [5.74, 6) is 0. The third-order valence-electron chi connectivity index (χ3n) is 6.15. The number of hydrogen-bond acceptors (Lipinski definition) is 8. The van der Waals surface area contributed by atoms with Crippen molar-refractivity contribution < 1.29 is 21.6 Å². The summed E-state index contributed by atoms with van der Waals surface area (Å²) in [4.78, 5) is 23.3. The summed E-state index contributed by atoms with van der Waals surface area (Å²) >= 11 is 0. The Morgan fingerprint density at radius 2 is 1.42 bits per heavy atom. The molecule has 0 unspecified atom stereocenters. The zero-order valence-corrected chi connectivity index (χ0v) is 19.8. The molecule has 0 fully saturated rings. The summed E-state index contributed by atoms with van der Waals surface area (Å²) < 4.78 is 63.5. The van der Waals surface area contributed by atoms with Crippen LogP contribution in [0.25, 0.3) is 43.6 Å². The zero-order valence-electron chi connectivity index (χ0n) is 19.0. The topological polar surface area (TPSA) is 142 Å². The van der Waals surface area contributed by atoms with Crippen LogP contribution < -0.4 is 10.4 Å². The van der Waals surface area contributed by atoms with E-state index in [1.807, 2.05) is 12.1 Å². The number of benzene rings is 1. The fourth-order valence-corrected chi connectivity index (χ4v) is 5.37. The zero-order chi connectivity index (χ0) is 27.6. The molecule has 2 aliphatic rings. The molecule has 0 atom stereocenters. The van der Waals surface area contributed by atoms with Crippen molar-refractivity contribution in [2.24, 2.45) is 0 Å². The summed E-state index contributed by atoms with van der Waals surface area (Å²) in [7, 11) is -5.81. The quantitative estimate of drug-likeness (QED) is 0.300. The number of rotatable bonds is 1. The number of aromatic nitrogens is 4. The maximum Gasteiger partial charge on any atom is 0.503 e. The van der Waals surface area contributed by atoms with Crippen molar-refractivity contribution in [2.45, 2.75) is 30.3 Å². The summed E-state index contributed by atoms with van der Waals surface area (Å²) in [6.45, 7) is 16.9. The molecular weight excluding hydrogens is 521 g/mol. The fourth-order valence-electron chi connectivity index (χ4n) is 4.71. The minimum atomic E-state index is -5.81. The summed E-state index contributed by atoms with van der Waals surface area (Å²) in [5, 5.41) is 18.5. The Kier molecular flexibility index (Phi) is 5.27. The molecule has 5 rings (SSSR count). The van der Waals surface area contributed by atoms with E-state index in [9.17, 15) is 32.1 Å². The van der Waals surface area contributed by atoms with Gasteiger partial charge in [-0.25, -0.2) is 33.6 Å². The number of aryl methyl sites for hydroxylation is 1. The normalized spacial score (nSPS) is 14.5. The van der Waals surface area contributed by atoms with Gasteiger partial charge in [0, 0.05) is 40.6 Å². The molecule has 2 heterocycles. The molecule has 0 saturated carbocycles. The lowest BCUT2D eigenvalue weighted by Crippen LogP contribution is -2.26. The highest BCUT2D eigenvalue weighted by atomic mass is 32.2. The van der Waals surface area contributed by atoms with Gasteiger partial charge in [-0.1, -0.05) is 0 Å². The number of nitriles is 2. The van der Waals surface area contributed by atoms with E-state index in [1.54, 1.807) is 6.92 Å². The van der Waals surface area contributed by atoms with E-state index < -0.39 is 20.4 Å². The lowest BCUT2D eigenvalue weighted by atomic mass is 9.92. The average molecular weight is 530 g/mol. The van der Waals surface area contributed by atoms with E-state index in [0.717, 1.165) is 0 Å². The smallest absolute Gasteiger partial charge is 0.254 e. The molecule has 2 aliphatic carbocycles. The van der Waals surface area contributed by atoms with E-state index in [1.165, 1.54) is 6.20 Å². The van der Waals surface area contributed by atoms with Crippen molar-refractivity contribution >= 4 is 21.2 Å². The number of alkyl halides is 3. The van der Waals surface area contributed by atoms with Gasteiger partial charge in [0.1, 0.15) is 0 Å². The van der Waals surface area contributed by atoms with E-state index in [0.29, 0.717) is 28.8 Å². The molecule has 0 bridgehead atoms. The first kappa shape index (κ1) is 24.5. The molecule has 0 amide bonds. The molecular formula is C24H9F3N8O2S. The molecule has 2 aromatic heterocycles. The van der Waals surface area contributed by atoms with Crippen LogP contribution >= 0.6 is 0 Å². The number of fused-ring (bicyclic) bond motifs is 6. The second-order valence-corrected chi connectivity index (χ2v) is 10.1. The van der Waals surface area contributed by atoms with Crippen LogP contribution in [0.3, 0.4) is 0 Å². The van der Waals surface area contributed by atoms with Crippen molar-refractivity contribution in [1.82, 2.24) is 19.9 Å². The van der Waals surface area contributed by atoms with Crippen LogP contribution in [0, 0.1) is 42.7 Å². The fraction of sp³-hybridized carbons (Fsp3) is 0.167.